The van der Waals surface area contributed by atoms with Crippen molar-refractivity contribution in [1.82, 2.24) is 0 Å². The molecule has 0 radical (unpaired) electrons. The average Bonchev–Trinajstić information content (AvgIpc) is 3.12. The highest BCUT2D eigenvalue weighted by Gasteiger charge is 2.37. The lowest BCUT2D eigenvalue weighted by molar-refractivity contribution is -0.139. The molecule has 0 aliphatic carbocycles. The van der Waals surface area contributed by atoms with Crippen molar-refractivity contribution in [2.45, 2.75) is 6.42 Å². The fourth-order valence-electron chi connectivity index (χ4n) is 3.09. The first-order chi connectivity index (χ1) is 13.9. The van der Waals surface area contributed by atoms with Crippen LogP contribution in [0.5, 0.6) is 23.0 Å². The molecule has 0 bridgehead atoms. The lowest BCUT2D eigenvalue weighted by Crippen LogP contribution is -2.27. The minimum Gasteiger partial charge on any atom is -0.493 e. The zero-order chi connectivity index (χ0) is 21.1. The second-order valence-electron chi connectivity index (χ2n) is 6.26. The number of hydrogen-bond donors (Lipinski definition) is 0. The molecule has 154 valence electrons. The van der Waals surface area contributed by atoms with Crippen LogP contribution >= 0.6 is 23.2 Å². The molecule has 1 heterocycles. The van der Waals surface area contributed by atoms with Gasteiger partial charge >= 0.3 is 5.97 Å². The molecule has 1 amide bonds. The third-order valence-electron chi connectivity index (χ3n) is 4.55. The van der Waals surface area contributed by atoms with Crippen molar-refractivity contribution in [3.05, 3.63) is 40.4 Å². The third-order valence-corrected chi connectivity index (χ3v) is 5.35. The molecule has 7 nitrogen and oxygen atoms in total. The monoisotopic (exact) mass is 439 g/mol. The van der Waals surface area contributed by atoms with Crippen LogP contribution in [-0.2, 0) is 9.59 Å². The van der Waals surface area contributed by atoms with E-state index in [0.29, 0.717) is 22.9 Å². The number of ether oxygens (including phenoxy) is 4. The van der Waals surface area contributed by atoms with Gasteiger partial charge < -0.3 is 23.8 Å². The minimum absolute atomic E-state index is 0.00762. The highest BCUT2D eigenvalue weighted by Crippen LogP contribution is 2.42. The van der Waals surface area contributed by atoms with E-state index in [-0.39, 0.29) is 34.7 Å². The van der Waals surface area contributed by atoms with Gasteiger partial charge in [-0.3, -0.25) is 9.59 Å². The molecular weight excluding hydrogens is 421 g/mol. The van der Waals surface area contributed by atoms with Gasteiger partial charge in [0.2, 0.25) is 11.7 Å². The van der Waals surface area contributed by atoms with Gasteiger partial charge in [0.15, 0.2) is 17.2 Å². The van der Waals surface area contributed by atoms with Gasteiger partial charge in [0.25, 0.3) is 0 Å². The first-order valence-corrected chi connectivity index (χ1v) is 9.41. The van der Waals surface area contributed by atoms with E-state index >= 15 is 0 Å². The Morgan fingerprint density at radius 3 is 2.28 bits per heavy atom. The van der Waals surface area contributed by atoms with Gasteiger partial charge in [-0.2, -0.15) is 0 Å². The summed E-state index contributed by atoms with van der Waals surface area (Å²) < 4.78 is 21.3. The molecule has 0 unspecified atom stereocenters. The van der Waals surface area contributed by atoms with Crippen LogP contribution in [0, 0.1) is 5.92 Å². The van der Waals surface area contributed by atoms with E-state index in [2.05, 4.69) is 0 Å². The van der Waals surface area contributed by atoms with Crippen molar-refractivity contribution < 1.29 is 28.5 Å². The molecule has 1 fully saturated rings. The summed E-state index contributed by atoms with van der Waals surface area (Å²) in [5.41, 5.74) is 0.528. The SMILES string of the molecule is COc1cc(N2C[C@H](C(=O)Oc3cccc(Cl)c3Cl)CC2=O)cc(OC)c1OC. The molecule has 3 rings (SSSR count). The van der Waals surface area contributed by atoms with Crippen LogP contribution in [0.4, 0.5) is 5.69 Å². The number of rotatable bonds is 6. The predicted octanol–water partition coefficient (Wildman–Crippen LogP) is 3.98. The Hall–Kier alpha value is -2.64. The number of carbonyl (C=O) groups is 2. The van der Waals surface area contributed by atoms with Crippen molar-refractivity contribution in [1.29, 1.82) is 0 Å². The number of benzene rings is 2. The highest BCUT2D eigenvalue weighted by molar-refractivity contribution is 6.43. The van der Waals surface area contributed by atoms with Gasteiger partial charge in [-0.15, -0.1) is 0 Å². The van der Waals surface area contributed by atoms with Gasteiger partial charge in [-0.1, -0.05) is 29.3 Å². The van der Waals surface area contributed by atoms with Crippen molar-refractivity contribution in [3.63, 3.8) is 0 Å². The summed E-state index contributed by atoms with van der Waals surface area (Å²) in [4.78, 5) is 26.6. The van der Waals surface area contributed by atoms with Crippen molar-refractivity contribution in [2.24, 2.45) is 5.92 Å². The highest BCUT2D eigenvalue weighted by atomic mass is 35.5. The van der Waals surface area contributed by atoms with Gasteiger partial charge in [0, 0.05) is 25.1 Å². The molecule has 0 aromatic heterocycles. The van der Waals surface area contributed by atoms with Crippen LogP contribution in [-0.4, -0.2) is 39.8 Å². The van der Waals surface area contributed by atoms with Gasteiger partial charge in [-0.25, -0.2) is 0 Å². The smallest absolute Gasteiger partial charge is 0.316 e. The number of amides is 1. The van der Waals surface area contributed by atoms with E-state index in [4.69, 9.17) is 42.1 Å². The largest absolute Gasteiger partial charge is 0.493 e. The lowest BCUT2D eigenvalue weighted by atomic mass is 10.1. The van der Waals surface area contributed by atoms with Crippen LogP contribution in [0.3, 0.4) is 0 Å². The van der Waals surface area contributed by atoms with E-state index in [0.717, 1.165) is 0 Å². The molecule has 2 aromatic carbocycles. The van der Waals surface area contributed by atoms with E-state index in [1.807, 2.05) is 0 Å². The Morgan fingerprint density at radius 1 is 1.03 bits per heavy atom. The summed E-state index contributed by atoms with van der Waals surface area (Å²) >= 11 is 12.0. The maximum absolute atomic E-state index is 12.6. The van der Waals surface area contributed by atoms with Crippen LogP contribution in [0.15, 0.2) is 30.3 Å². The van der Waals surface area contributed by atoms with Crippen LogP contribution in [0.25, 0.3) is 0 Å². The topological polar surface area (TPSA) is 74.3 Å². The molecule has 0 spiro atoms. The summed E-state index contributed by atoms with van der Waals surface area (Å²) in [7, 11) is 4.47. The maximum Gasteiger partial charge on any atom is 0.316 e. The fourth-order valence-corrected chi connectivity index (χ4v) is 3.42. The quantitative estimate of drug-likeness (QED) is 0.500. The fraction of sp³-hybridized carbons (Fsp3) is 0.300. The van der Waals surface area contributed by atoms with Gasteiger partial charge in [0.1, 0.15) is 5.02 Å². The van der Waals surface area contributed by atoms with E-state index in [1.165, 1.54) is 26.2 Å². The molecule has 1 saturated heterocycles. The molecular formula is C20H19Cl2NO6. The second kappa shape index (κ2) is 8.80. The zero-order valence-corrected chi connectivity index (χ0v) is 17.5. The molecule has 9 heteroatoms. The van der Waals surface area contributed by atoms with E-state index < -0.39 is 11.9 Å². The molecule has 29 heavy (non-hydrogen) atoms. The number of methoxy groups -OCH3 is 3. The number of carbonyl (C=O) groups excluding carboxylic acids is 2. The number of hydrogen-bond acceptors (Lipinski definition) is 6. The summed E-state index contributed by atoms with van der Waals surface area (Å²) in [5, 5.41) is 0.423. The Balaban J connectivity index is 1.81. The molecule has 0 saturated carbocycles. The number of anilines is 1. The number of esters is 1. The Morgan fingerprint density at radius 2 is 1.69 bits per heavy atom. The zero-order valence-electron chi connectivity index (χ0n) is 16.0. The Kier molecular flexibility index (Phi) is 6.39. The van der Waals surface area contributed by atoms with Crippen molar-refractivity contribution in [3.8, 4) is 23.0 Å². The first-order valence-electron chi connectivity index (χ1n) is 8.65. The lowest BCUT2D eigenvalue weighted by Gasteiger charge is -2.20. The minimum atomic E-state index is -0.656. The number of halogens is 2. The van der Waals surface area contributed by atoms with E-state index in [1.54, 1.807) is 30.3 Å². The molecule has 2 aromatic rings. The second-order valence-corrected chi connectivity index (χ2v) is 7.05. The van der Waals surface area contributed by atoms with Crippen LogP contribution in [0.1, 0.15) is 6.42 Å². The average molecular weight is 440 g/mol. The van der Waals surface area contributed by atoms with E-state index in [9.17, 15) is 9.59 Å². The molecule has 0 N–H and O–H groups in total. The van der Waals surface area contributed by atoms with Crippen LogP contribution in [0.2, 0.25) is 10.0 Å². The van der Waals surface area contributed by atoms with Gasteiger partial charge in [-0.05, 0) is 12.1 Å². The van der Waals surface area contributed by atoms with Crippen molar-refractivity contribution in [2.75, 3.05) is 32.8 Å². The first kappa shape index (κ1) is 21.1. The molecule has 1 atom stereocenters. The van der Waals surface area contributed by atoms with Crippen molar-refractivity contribution >= 4 is 40.8 Å². The summed E-state index contributed by atoms with van der Waals surface area (Å²) in [5.74, 6) is -0.0508. The van der Waals surface area contributed by atoms with Crippen LogP contribution < -0.4 is 23.8 Å². The predicted molar refractivity (Wildman–Crippen MR) is 109 cm³/mol. The summed E-state index contributed by atoms with van der Waals surface area (Å²) in [6, 6.07) is 8.06. The third kappa shape index (κ3) is 4.21. The normalized spacial score (nSPS) is 16.0. The molecule has 1 aliphatic rings. The molecule has 1 aliphatic heterocycles. The Labute approximate surface area is 178 Å². The maximum atomic E-state index is 12.6. The standard InChI is InChI=1S/C20H19Cl2NO6/c1-26-15-8-12(9-16(27-2)19(15)28-3)23-10-11(7-17(23)24)20(25)29-14-6-4-5-13(21)18(14)22/h4-6,8-9,11H,7,10H2,1-3H3/t11-/m1/s1. The van der Waals surface area contributed by atoms with Gasteiger partial charge in [0.05, 0.1) is 38.0 Å². The Bertz CT molecular complexity index is 924. The number of nitrogens with zero attached hydrogens (tertiary/aromatic N) is 1. The summed E-state index contributed by atoms with van der Waals surface area (Å²) in [6.45, 7) is 0.147. The summed E-state index contributed by atoms with van der Waals surface area (Å²) in [6.07, 6.45) is 0.00762.